The molecule has 6 heteroatoms. The van der Waals surface area contributed by atoms with Crippen LogP contribution in [-0.2, 0) is 21.0 Å². The van der Waals surface area contributed by atoms with Crippen LogP contribution in [0.2, 0.25) is 0 Å². The lowest BCUT2D eigenvalue weighted by Crippen LogP contribution is -2.46. The number of hydrogen-bond donors (Lipinski definition) is 0. The SMILES string of the molecule is CC1=C(CC(OS(=O)(=O)[O-])C(C)CCCc2ccoc2)[C@@]2(C)CCCC(C)(C)[C@@H]2CC1. The summed E-state index contributed by atoms with van der Waals surface area (Å²) in [5.74, 6) is 0.546. The molecule has 0 radical (unpaired) electrons. The topological polar surface area (TPSA) is 79.6 Å². The van der Waals surface area contributed by atoms with Crippen LogP contribution in [0.4, 0.5) is 0 Å². The second kappa shape index (κ2) is 9.40. The van der Waals surface area contributed by atoms with E-state index in [2.05, 4.69) is 27.7 Å². The van der Waals surface area contributed by atoms with Gasteiger partial charge in [-0.2, -0.15) is 0 Å². The molecule has 3 rings (SSSR count). The summed E-state index contributed by atoms with van der Waals surface area (Å²) in [5.41, 5.74) is 4.16. The Bertz CT molecular complexity index is 868. The van der Waals surface area contributed by atoms with Crippen molar-refractivity contribution in [3.8, 4) is 0 Å². The van der Waals surface area contributed by atoms with Gasteiger partial charge in [-0.05, 0) is 92.6 Å². The van der Waals surface area contributed by atoms with Gasteiger partial charge in [0.15, 0.2) is 0 Å². The molecular formula is C25H39O5S-. The Morgan fingerprint density at radius 1 is 1.29 bits per heavy atom. The Morgan fingerprint density at radius 2 is 2.03 bits per heavy atom. The van der Waals surface area contributed by atoms with Gasteiger partial charge in [0.25, 0.3) is 0 Å². The fourth-order valence-electron chi connectivity index (χ4n) is 6.53. The van der Waals surface area contributed by atoms with Crippen LogP contribution in [0.3, 0.4) is 0 Å². The fraction of sp³-hybridized carbons (Fsp3) is 0.760. The molecule has 31 heavy (non-hydrogen) atoms. The first-order chi connectivity index (χ1) is 14.4. The summed E-state index contributed by atoms with van der Waals surface area (Å²) < 4.78 is 45.1. The van der Waals surface area contributed by atoms with Crippen LogP contribution in [0.15, 0.2) is 34.2 Å². The summed E-state index contributed by atoms with van der Waals surface area (Å²) in [6.07, 6.45) is 11.6. The van der Waals surface area contributed by atoms with Gasteiger partial charge in [0.2, 0.25) is 10.4 Å². The molecule has 1 fully saturated rings. The third kappa shape index (κ3) is 5.82. The molecule has 0 N–H and O–H groups in total. The molecule has 4 atom stereocenters. The molecule has 1 aromatic rings. The van der Waals surface area contributed by atoms with E-state index < -0.39 is 16.5 Å². The minimum Gasteiger partial charge on any atom is -0.726 e. The second-order valence-corrected chi connectivity index (χ2v) is 11.9. The third-order valence-electron chi connectivity index (χ3n) is 8.23. The molecule has 2 aliphatic carbocycles. The summed E-state index contributed by atoms with van der Waals surface area (Å²) in [4.78, 5) is 0. The molecule has 0 aromatic carbocycles. The summed E-state index contributed by atoms with van der Waals surface area (Å²) in [6, 6.07) is 1.95. The Balaban J connectivity index is 1.78. The zero-order chi connectivity index (χ0) is 22.9. The number of aryl methyl sites for hydroxylation is 1. The zero-order valence-electron chi connectivity index (χ0n) is 19.8. The highest BCUT2D eigenvalue weighted by Gasteiger charge is 2.50. The molecular weight excluding hydrogens is 412 g/mol. The molecule has 176 valence electrons. The molecule has 1 saturated carbocycles. The van der Waals surface area contributed by atoms with Crippen molar-refractivity contribution in [1.82, 2.24) is 0 Å². The van der Waals surface area contributed by atoms with E-state index in [1.807, 2.05) is 13.0 Å². The zero-order valence-corrected chi connectivity index (χ0v) is 20.6. The molecule has 0 amide bonds. The summed E-state index contributed by atoms with van der Waals surface area (Å²) >= 11 is 0. The Hall–Kier alpha value is -1.11. The van der Waals surface area contributed by atoms with E-state index in [1.54, 1.807) is 12.5 Å². The predicted octanol–water partition coefficient (Wildman–Crippen LogP) is 6.42. The van der Waals surface area contributed by atoms with Crippen LogP contribution in [-0.4, -0.2) is 19.1 Å². The van der Waals surface area contributed by atoms with Gasteiger partial charge in [0.05, 0.1) is 18.6 Å². The van der Waals surface area contributed by atoms with Crippen molar-refractivity contribution in [2.45, 2.75) is 98.5 Å². The quantitative estimate of drug-likeness (QED) is 0.246. The monoisotopic (exact) mass is 451 g/mol. The largest absolute Gasteiger partial charge is 0.726 e. The second-order valence-electron chi connectivity index (χ2n) is 10.9. The molecule has 0 aliphatic heterocycles. The first kappa shape index (κ1) is 24.5. The first-order valence-electron chi connectivity index (χ1n) is 11.8. The van der Waals surface area contributed by atoms with E-state index in [0.29, 0.717) is 12.3 Å². The highest BCUT2D eigenvalue weighted by atomic mass is 32.3. The van der Waals surface area contributed by atoms with E-state index in [-0.39, 0.29) is 16.7 Å². The van der Waals surface area contributed by atoms with Crippen LogP contribution in [0.1, 0.15) is 91.5 Å². The molecule has 5 nitrogen and oxygen atoms in total. The highest BCUT2D eigenvalue weighted by Crippen LogP contribution is 2.60. The average Bonchev–Trinajstić information content (AvgIpc) is 3.15. The van der Waals surface area contributed by atoms with Gasteiger partial charge >= 0.3 is 0 Å². The Kier molecular flexibility index (Phi) is 7.44. The van der Waals surface area contributed by atoms with Crippen molar-refractivity contribution in [3.63, 3.8) is 0 Å². The predicted molar refractivity (Wildman–Crippen MR) is 121 cm³/mol. The Labute approximate surface area is 188 Å². The number of allylic oxidation sites excluding steroid dienone is 1. The summed E-state index contributed by atoms with van der Waals surface area (Å²) in [5, 5.41) is 0. The maximum atomic E-state index is 11.6. The molecule has 1 heterocycles. The minimum absolute atomic E-state index is 0.0310. The van der Waals surface area contributed by atoms with Gasteiger partial charge in [-0.3, -0.25) is 4.18 Å². The summed E-state index contributed by atoms with van der Waals surface area (Å²) in [6.45, 7) is 11.3. The lowest BCUT2D eigenvalue weighted by molar-refractivity contribution is 0.00418. The number of furan rings is 1. The standard InChI is InChI=1S/C25H40O5S/c1-18-10-11-23-24(3,4)13-7-14-25(23,5)21(18)16-22(30-31(26,27)28)19(2)8-6-9-20-12-15-29-17-20/h12,15,17,19,22-23H,6-11,13-14,16H2,1-5H3,(H,26,27,28)/p-1/t19?,22?,23-,25+/m0/s1. The molecule has 0 bridgehead atoms. The first-order valence-corrected chi connectivity index (χ1v) is 13.1. The van der Waals surface area contributed by atoms with Crippen molar-refractivity contribution in [1.29, 1.82) is 0 Å². The third-order valence-corrected chi connectivity index (χ3v) is 8.71. The lowest BCUT2D eigenvalue weighted by Gasteiger charge is -2.55. The van der Waals surface area contributed by atoms with Gasteiger partial charge in [0.1, 0.15) is 0 Å². The van der Waals surface area contributed by atoms with Gasteiger partial charge in [-0.25, -0.2) is 8.42 Å². The maximum Gasteiger partial charge on any atom is 0.217 e. The van der Waals surface area contributed by atoms with Crippen molar-refractivity contribution in [3.05, 3.63) is 35.3 Å². The summed E-state index contributed by atoms with van der Waals surface area (Å²) in [7, 11) is -4.76. The van der Waals surface area contributed by atoms with Crippen molar-refractivity contribution in [2.24, 2.45) is 22.7 Å². The van der Waals surface area contributed by atoms with Crippen LogP contribution in [0, 0.1) is 22.7 Å². The van der Waals surface area contributed by atoms with Crippen LogP contribution in [0.25, 0.3) is 0 Å². The molecule has 1 aromatic heterocycles. The number of rotatable bonds is 9. The van der Waals surface area contributed by atoms with Gasteiger partial charge in [0, 0.05) is 0 Å². The van der Waals surface area contributed by atoms with Crippen LogP contribution >= 0.6 is 0 Å². The van der Waals surface area contributed by atoms with Crippen LogP contribution < -0.4 is 0 Å². The van der Waals surface area contributed by atoms with Gasteiger partial charge in [-0.15, -0.1) is 0 Å². The molecule has 0 saturated heterocycles. The molecule has 2 aliphatic rings. The molecule has 0 spiro atoms. The van der Waals surface area contributed by atoms with Gasteiger partial charge in [-0.1, -0.05) is 45.3 Å². The maximum absolute atomic E-state index is 11.6. The van der Waals surface area contributed by atoms with E-state index >= 15 is 0 Å². The molecule has 2 unspecified atom stereocenters. The van der Waals surface area contributed by atoms with Gasteiger partial charge < -0.3 is 8.97 Å². The minimum atomic E-state index is -4.76. The number of hydrogen-bond acceptors (Lipinski definition) is 5. The van der Waals surface area contributed by atoms with E-state index in [0.717, 1.165) is 37.7 Å². The van der Waals surface area contributed by atoms with Crippen molar-refractivity contribution < 1.29 is 21.6 Å². The van der Waals surface area contributed by atoms with E-state index in [9.17, 15) is 13.0 Å². The normalized spacial score (nSPS) is 28.3. The Morgan fingerprint density at radius 3 is 2.68 bits per heavy atom. The highest BCUT2D eigenvalue weighted by molar-refractivity contribution is 7.80. The smallest absolute Gasteiger partial charge is 0.217 e. The van der Waals surface area contributed by atoms with Crippen molar-refractivity contribution >= 4 is 10.4 Å². The average molecular weight is 452 g/mol. The van der Waals surface area contributed by atoms with E-state index in [1.165, 1.54) is 30.4 Å². The lowest BCUT2D eigenvalue weighted by atomic mass is 9.49. The van der Waals surface area contributed by atoms with Crippen LogP contribution in [0.5, 0.6) is 0 Å². The fourth-order valence-corrected chi connectivity index (χ4v) is 7.09. The number of fused-ring (bicyclic) bond motifs is 1. The van der Waals surface area contributed by atoms with E-state index in [4.69, 9.17) is 8.60 Å². The van der Waals surface area contributed by atoms with Crippen molar-refractivity contribution in [2.75, 3.05) is 0 Å².